The Morgan fingerprint density at radius 1 is 1.11 bits per heavy atom. The minimum Gasteiger partial charge on any atom is -0.396 e. The second-order valence-corrected chi connectivity index (χ2v) is 5.52. The normalized spacial score (nSPS) is 12.4. The molecule has 1 N–H and O–H groups in total. The molecule has 1 atom stereocenters. The summed E-state index contributed by atoms with van der Waals surface area (Å²) < 4.78 is 0. The molecule has 0 heterocycles. The van der Waals surface area contributed by atoms with E-state index in [1.165, 1.54) is 5.56 Å². The third-order valence-electron chi connectivity index (χ3n) is 3.33. The number of halogens is 2. The summed E-state index contributed by atoms with van der Waals surface area (Å²) in [4.78, 5) is 0. The Balaban J connectivity index is 2.27. The SMILES string of the molecule is Cc1ccccc1[C@H](CO)Cc1ccc(Cl)cc1Cl. The van der Waals surface area contributed by atoms with Crippen molar-refractivity contribution >= 4 is 23.2 Å². The van der Waals surface area contributed by atoms with Gasteiger partial charge in [0.2, 0.25) is 0 Å². The number of benzene rings is 2. The summed E-state index contributed by atoms with van der Waals surface area (Å²) >= 11 is 12.1. The van der Waals surface area contributed by atoms with E-state index in [0.29, 0.717) is 16.5 Å². The van der Waals surface area contributed by atoms with E-state index in [-0.39, 0.29) is 12.5 Å². The summed E-state index contributed by atoms with van der Waals surface area (Å²) in [6, 6.07) is 13.6. The fourth-order valence-corrected chi connectivity index (χ4v) is 2.76. The highest BCUT2D eigenvalue weighted by atomic mass is 35.5. The van der Waals surface area contributed by atoms with Crippen LogP contribution in [0.2, 0.25) is 10.0 Å². The van der Waals surface area contributed by atoms with Gasteiger partial charge < -0.3 is 5.11 Å². The zero-order valence-corrected chi connectivity index (χ0v) is 12.2. The van der Waals surface area contributed by atoms with E-state index >= 15 is 0 Å². The smallest absolute Gasteiger partial charge is 0.0503 e. The first kappa shape index (κ1) is 14.4. The number of hydrogen-bond acceptors (Lipinski definition) is 1. The predicted molar refractivity (Wildman–Crippen MR) is 81.2 cm³/mol. The van der Waals surface area contributed by atoms with Gasteiger partial charge in [0.25, 0.3) is 0 Å². The summed E-state index contributed by atoms with van der Waals surface area (Å²) in [6.45, 7) is 2.16. The van der Waals surface area contributed by atoms with Crippen molar-refractivity contribution in [2.24, 2.45) is 0 Å². The molecule has 0 spiro atoms. The maximum Gasteiger partial charge on any atom is 0.0503 e. The Morgan fingerprint density at radius 3 is 2.47 bits per heavy atom. The highest BCUT2D eigenvalue weighted by Crippen LogP contribution is 2.28. The van der Waals surface area contributed by atoms with Crippen LogP contribution in [0.4, 0.5) is 0 Å². The number of aliphatic hydroxyl groups excluding tert-OH is 1. The van der Waals surface area contributed by atoms with Gasteiger partial charge in [-0.2, -0.15) is 0 Å². The third kappa shape index (κ3) is 3.50. The van der Waals surface area contributed by atoms with Crippen molar-refractivity contribution in [2.75, 3.05) is 6.61 Å². The van der Waals surface area contributed by atoms with Crippen molar-refractivity contribution in [1.29, 1.82) is 0 Å². The van der Waals surface area contributed by atoms with Crippen molar-refractivity contribution in [2.45, 2.75) is 19.3 Å². The van der Waals surface area contributed by atoms with E-state index < -0.39 is 0 Å². The van der Waals surface area contributed by atoms with Gasteiger partial charge in [0.1, 0.15) is 0 Å². The average Bonchev–Trinajstić information content (AvgIpc) is 2.39. The molecule has 2 aromatic rings. The monoisotopic (exact) mass is 294 g/mol. The molecule has 2 aromatic carbocycles. The highest BCUT2D eigenvalue weighted by Gasteiger charge is 2.15. The Bertz CT molecular complexity index is 566. The molecule has 0 amide bonds. The zero-order valence-electron chi connectivity index (χ0n) is 10.7. The first-order chi connectivity index (χ1) is 9.11. The topological polar surface area (TPSA) is 20.2 Å². The van der Waals surface area contributed by atoms with Gasteiger partial charge in [0, 0.05) is 16.0 Å². The van der Waals surface area contributed by atoms with E-state index in [4.69, 9.17) is 23.2 Å². The number of hydrogen-bond donors (Lipinski definition) is 1. The molecule has 0 aromatic heterocycles. The Morgan fingerprint density at radius 2 is 1.84 bits per heavy atom. The van der Waals surface area contributed by atoms with Gasteiger partial charge in [-0.05, 0) is 42.2 Å². The third-order valence-corrected chi connectivity index (χ3v) is 3.92. The maximum atomic E-state index is 9.64. The molecular formula is C16H16Cl2O. The standard InChI is InChI=1S/C16H16Cl2O/c1-11-4-2-3-5-15(11)13(10-19)8-12-6-7-14(17)9-16(12)18/h2-7,9,13,19H,8,10H2,1H3/t13-/m0/s1. The Kier molecular flexibility index (Phi) is 4.87. The van der Waals surface area contributed by atoms with Crippen LogP contribution in [0.5, 0.6) is 0 Å². The molecule has 0 saturated carbocycles. The first-order valence-electron chi connectivity index (χ1n) is 6.22. The van der Waals surface area contributed by atoms with E-state index in [9.17, 15) is 5.11 Å². The van der Waals surface area contributed by atoms with Gasteiger partial charge in [-0.3, -0.25) is 0 Å². The molecule has 1 nitrogen and oxygen atoms in total. The van der Waals surface area contributed by atoms with Gasteiger partial charge >= 0.3 is 0 Å². The van der Waals surface area contributed by atoms with Crippen molar-refractivity contribution < 1.29 is 5.11 Å². The fourth-order valence-electron chi connectivity index (χ4n) is 2.27. The average molecular weight is 295 g/mol. The van der Waals surface area contributed by atoms with Crippen LogP contribution in [0.25, 0.3) is 0 Å². The first-order valence-corrected chi connectivity index (χ1v) is 6.97. The quantitative estimate of drug-likeness (QED) is 0.872. The number of aliphatic hydroxyl groups is 1. The van der Waals surface area contributed by atoms with Crippen LogP contribution in [-0.4, -0.2) is 11.7 Å². The molecule has 100 valence electrons. The fraction of sp³-hybridized carbons (Fsp3) is 0.250. The summed E-state index contributed by atoms with van der Waals surface area (Å²) in [5, 5.41) is 10.9. The molecule has 0 fully saturated rings. The van der Waals surface area contributed by atoms with Crippen LogP contribution in [-0.2, 0) is 6.42 Å². The van der Waals surface area contributed by atoms with Crippen molar-refractivity contribution in [3.63, 3.8) is 0 Å². The molecule has 0 bridgehead atoms. The lowest BCUT2D eigenvalue weighted by Gasteiger charge is -2.18. The van der Waals surface area contributed by atoms with E-state index in [1.807, 2.05) is 24.3 Å². The highest BCUT2D eigenvalue weighted by molar-refractivity contribution is 6.35. The summed E-state index contributed by atoms with van der Waals surface area (Å²) in [5.41, 5.74) is 3.36. The molecule has 0 unspecified atom stereocenters. The lowest BCUT2D eigenvalue weighted by atomic mass is 9.90. The van der Waals surface area contributed by atoms with Crippen LogP contribution < -0.4 is 0 Å². The Labute approximate surface area is 123 Å². The molecule has 0 radical (unpaired) electrons. The van der Waals surface area contributed by atoms with Crippen LogP contribution in [0.15, 0.2) is 42.5 Å². The Hall–Kier alpha value is -1.02. The molecule has 0 aliphatic carbocycles. The second-order valence-electron chi connectivity index (χ2n) is 4.68. The van der Waals surface area contributed by atoms with Gasteiger partial charge in [-0.15, -0.1) is 0 Å². The minimum atomic E-state index is 0.0554. The minimum absolute atomic E-state index is 0.0554. The van der Waals surface area contributed by atoms with E-state index in [2.05, 4.69) is 19.1 Å². The summed E-state index contributed by atoms with van der Waals surface area (Å²) in [5.74, 6) is 0.0554. The lowest BCUT2D eigenvalue weighted by molar-refractivity contribution is 0.264. The van der Waals surface area contributed by atoms with Crippen molar-refractivity contribution in [1.82, 2.24) is 0 Å². The maximum absolute atomic E-state index is 9.64. The van der Waals surface area contributed by atoms with Crippen LogP contribution in [0.1, 0.15) is 22.6 Å². The predicted octanol–water partition coefficient (Wildman–Crippen LogP) is 4.62. The van der Waals surface area contributed by atoms with Gasteiger partial charge in [0.05, 0.1) is 6.61 Å². The van der Waals surface area contributed by atoms with Gasteiger partial charge in [0.15, 0.2) is 0 Å². The second kappa shape index (κ2) is 6.42. The van der Waals surface area contributed by atoms with Gasteiger partial charge in [-0.1, -0.05) is 53.5 Å². The molecule has 0 saturated heterocycles. The molecule has 2 rings (SSSR count). The number of rotatable bonds is 4. The van der Waals surface area contributed by atoms with Crippen LogP contribution >= 0.6 is 23.2 Å². The summed E-state index contributed by atoms with van der Waals surface area (Å²) in [7, 11) is 0. The molecule has 3 heteroatoms. The van der Waals surface area contributed by atoms with E-state index in [0.717, 1.165) is 11.1 Å². The van der Waals surface area contributed by atoms with Crippen molar-refractivity contribution in [3.05, 3.63) is 69.2 Å². The van der Waals surface area contributed by atoms with Crippen LogP contribution in [0.3, 0.4) is 0 Å². The summed E-state index contributed by atoms with van der Waals surface area (Å²) in [6.07, 6.45) is 0.706. The molecular weight excluding hydrogens is 279 g/mol. The largest absolute Gasteiger partial charge is 0.396 e. The molecule has 0 aliphatic heterocycles. The molecule has 19 heavy (non-hydrogen) atoms. The molecule has 0 aliphatic rings. The van der Waals surface area contributed by atoms with Crippen molar-refractivity contribution in [3.8, 4) is 0 Å². The zero-order chi connectivity index (χ0) is 13.8. The van der Waals surface area contributed by atoms with Crippen LogP contribution in [0, 0.1) is 6.92 Å². The number of aryl methyl sites for hydroxylation is 1. The van der Waals surface area contributed by atoms with Gasteiger partial charge in [-0.25, -0.2) is 0 Å². The van der Waals surface area contributed by atoms with E-state index in [1.54, 1.807) is 6.07 Å². The lowest BCUT2D eigenvalue weighted by Crippen LogP contribution is -2.09.